The Morgan fingerprint density at radius 2 is 1.61 bits per heavy atom. The second kappa shape index (κ2) is 9.30. The minimum Gasteiger partial charge on any atom is -0.348 e. The zero-order valence-electron chi connectivity index (χ0n) is 15.9. The summed E-state index contributed by atoms with van der Waals surface area (Å²) < 4.78 is 0. The lowest BCUT2D eigenvalue weighted by atomic mass is 10.1. The van der Waals surface area contributed by atoms with Crippen LogP contribution in [-0.4, -0.2) is 30.8 Å². The number of carbonyl (C=O) groups is 2. The molecular formula is C22H23N3O2S. The van der Waals surface area contributed by atoms with Crippen LogP contribution in [0.1, 0.15) is 31.2 Å². The van der Waals surface area contributed by atoms with Gasteiger partial charge in [0.1, 0.15) is 0 Å². The quantitative estimate of drug-likeness (QED) is 0.638. The van der Waals surface area contributed by atoms with Crippen molar-refractivity contribution in [2.45, 2.75) is 13.1 Å². The van der Waals surface area contributed by atoms with E-state index in [1.165, 1.54) is 16.9 Å². The number of nitrogens with zero attached hydrogens (tertiary/aromatic N) is 1. The molecule has 0 unspecified atom stereocenters. The van der Waals surface area contributed by atoms with Crippen LogP contribution in [0.4, 0.5) is 5.69 Å². The number of thiophene rings is 1. The van der Waals surface area contributed by atoms with Gasteiger partial charge >= 0.3 is 0 Å². The number of rotatable bonds is 7. The van der Waals surface area contributed by atoms with Crippen molar-refractivity contribution in [3.63, 3.8) is 0 Å². The Bertz CT molecular complexity index is 935. The number of carbonyl (C=O) groups excluding carboxylic acids is 2. The minimum atomic E-state index is -0.148. The molecule has 0 radical (unpaired) electrons. The van der Waals surface area contributed by atoms with Crippen LogP contribution in [0, 0.1) is 0 Å². The highest BCUT2D eigenvalue weighted by atomic mass is 32.1. The third-order valence-corrected chi connectivity index (χ3v) is 5.06. The number of nitrogens with one attached hydrogen (secondary N) is 2. The highest BCUT2D eigenvalue weighted by molar-refractivity contribution is 7.12. The van der Waals surface area contributed by atoms with Gasteiger partial charge < -0.3 is 15.5 Å². The number of amides is 2. The lowest BCUT2D eigenvalue weighted by Crippen LogP contribution is -2.24. The van der Waals surface area contributed by atoms with Crippen molar-refractivity contribution in [2.24, 2.45) is 0 Å². The van der Waals surface area contributed by atoms with E-state index in [1.807, 2.05) is 43.7 Å². The molecule has 3 aromatic rings. The first-order valence-corrected chi connectivity index (χ1v) is 9.85. The number of benzene rings is 2. The second-order valence-electron chi connectivity index (χ2n) is 6.70. The van der Waals surface area contributed by atoms with E-state index >= 15 is 0 Å². The Hall–Kier alpha value is -2.96. The van der Waals surface area contributed by atoms with E-state index < -0.39 is 0 Å². The summed E-state index contributed by atoms with van der Waals surface area (Å²) in [6, 6.07) is 18.6. The normalized spacial score (nSPS) is 10.7. The summed E-state index contributed by atoms with van der Waals surface area (Å²) in [5, 5.41) is 7.66. The van der Waals surface area contributed by atoms with Gasteiger partial charge in [0.05, 0.1) is 4.88 Å². The van der Waals surface area contributed by atoms with Crippen molar-refractivity contribution < 1.29 is 9.59 Å². The summed E-state index contributed by atoms with van der Waals surface area (Å²) in [7, 11) is 4.04. The molecule has 0 saturated heterocycles. The van der Waals surface area contributed by atoms with Gasteiger partial charge in [-0.25, -0.2) is 0 Å². The van der Waals surface area contributed by atoms with Gasteiger partial charge in [-0.3, -0.25) is 9.59 Å². The maximum Gasteiger partial charge on any atom is 0.265 e. The van der Waals surface area contributed by atoms with E-state index in [2.05, 4.69) is 21.6 Å². The van der Waals surface area contributed by atoms with Gasteiger partial charge in [0.2, 0.25) is 0 Å². The summed E-state index contributed by atoms with van der Waals surface area (Å²) >= 11 is 1.39. The fraction of sp³-hybridized carbons (Fsp3) is 0.182. The predicted molar refractivity (Wildman–Crippen MR) is 114 cm³/mol. The minimum absolute atomic E-state index is 0.143. The molecule has 3 rings (SSSR count). The molecular weight excluding hydrogens is 370 g/mol. The molecule has 0 spiro atoms. The molecule has 5 nitrogen and oxygen atoms in total. The topological polar surface area (TPSA) is 61.4 Å². The molecule has 0 bridgehead atoms. The molecule has 0 aliphatic heterocycles. The molecule has 2 amide bonds. The SMILES string of the molecule is CN(C)Cc1ccccc1CNC(=O)c1ccc(NC(=O)c2cccs2)cc1. The van der Waals surface area contributed by atoms with Crippen molar-refractivity contribution in [2.75, 3.05) is 19.4 Å². The van der Waals surface area contributed by atoms with Crippen LogP contribution in [-0.2, 0) is 13.1 Å². The van der Waals surface area contributed by atoms with Crippen molar-refractivity contribution in [3.05, 3.63) is 87.6 Å². The molecule has 0 atom stereocenters. The maximum absolute atomic E-state index is 12.5. The zero-order chi connectivity index (χ0) is 19.9. The first kappa shape index (κ1) is 19.8. The van der Waals surface area contributed by atoms with E-state index in [9.17, 15) is 9.59 Å². The van der Waals surface area contributed by atoms with Gasteiger partial charge in [-0.15, -0.1) is 11.3 Å². The third kappa shape index (κ3) is 5.28. The fourth-order valence-corrected chi connectivity index (χ4v) is 3.43. The first-order chi connectivity index (χ1) is 13.5. The van der Waals surface area contributed by atoms with E-state index in [-0.39, 0.29) is 11.8 Å². The van der Waals surface area contributed by atoms with Crippen molar-refractivity contribution in [1.82, 2.24) is 10.2 Å². The summed E-state index contributed by atoms with van der Waals surface area (Å²) in [6.45, 7) is 1.30. The molecule has 1 aromatic heterocycles. The fourth-order valence-electron chi connectivity index (χ4n) is 2.81. The van der Waals surface area contributed by atoms with Crippen molar-refractivity contribution in [3.8, 4) is 0 Å². The summed E-state index contributed by atoms with van der Waals surface area (Å²) in [6.07, 6.45) is 0. The van der Waals surface area contributed by atoms with Crippen LogP contribution >= 0.6 is 11.3 Å². The first-order valence-electron chi connectivity index (χ1n) is 8.97. The largest absolute Gasteiger partial charge is 0.348 e. The van der Waals surface area contributed by atoms with Crippen LogP contribution in [0.3, 0.4) is 0 Å². The van der Waals surface area contributed by atoms with E-state index in [0.29, 0.717) is 22.7 Å². The summed E-state index contributed by atoms with van der Waals surface area (Å²) in [5.74, 6) is -0.291. The van der Waals surface area contributed by atoms with Crippen LogP contribution < -0.4 is 10.6 Å². The van der Waals surface area contributed by atoms with E-state index in [4.69, 9.17) is 0 Å². The van der Waals surface area contributed by atoms with Gasteiger partial charge in [-0.05, 0) is 60.9 Å². The third-order valence-electron chi connectivity index (χ3n) is 4.19. The van der Waals surface area contributed by atoms with Crippen molar-refractivity contribution in [1.29, 1.82) is 0 Å². The van der Waals surface area contributed by atoms with Crippen molar-refractivity contribution >= 4 is 28.8 Å². The molecule has 28 heavy (non-hydrogen) atoms. The summed E-state index contributed by atoms with van der Waals surface area (Å²) in [5.41, 5.74) is 3.51. The van der Waals surface area contributed by atoms with E-state index in [0.717, 1.165) is 12.1 Å². The van der Waals surface area contributed by atoms with Crippen LogP contribution in [0.15, 0.2) is 66.0 Å². The Labute approximate surface area is 169 Å². The standard InChI is InChI=1S/C22H23N3O2S/c1-25(2)15-18-7-4-3-6-17(18)14-23-21(26)16-9-11-19(12-10-16)24-22(27)20-8-5-13-28-20/h3-13H,14-15H2,1-2H3,(H,23,26)(H,24,27). The number of hydrogen-bond donors (Lipinski definition) is 2. The smallest absolute Gasteiger partial charge is 0.265 e. The Morgan fingerprint density at radius 3 is 2.25 bits per heavy atom. The predicted octanol–water partition coefficient (Wildman–Crippen LogP) is 3.99. The lowest BCUT2D eigenvalue weighted by molar-refractivity contribution is 0.0950. The highest BCUT2D eigenvalue weighted by Crippen LogP contribution is 2.15. The molecule has 1 heterocycles. The van der Waals surface area contributed by atoms with Gasteiger partial charge in [0.15, 0.2) is 0 Å². The molecule has 2 N–H and O–H groups in total. The van der Waals surface area contributed by atoms with Gasteiger partial charge in [0, 0.05) is 24.3 Å². The maximum atomic E-state index is 12.5. The lowest BCUT2D eigenvalue weighted by Gasteiger charge is -2.14. The second-order valence-corrected chi connectivity index (χ2v) is 7.65. The summed E-state index contributed by atoms with van der Waals surface area (Å²) in [4.78, 5) is 27.3. The highest BCUT2D eigenvalue weighted by Gasteiger charge is 2.10. The number of hydrogen-bond acceptors (Lipinski definition) is 4. The Kier molecular flexibility index (Phi) is 6.57. The zero-order valence-corrected chi connectivity index (χ0v) is 16.8. The van der Waals surface area contributed by atoms with Crippen LogP contribution in [0.5, 0.6) is 0 Å². The average Bonchev–Trinajstić information content (AvgIpc) is 3.22. The molecule has 0 fully saturated rings. The number of anilines is 1. The molecule has 144 valence electrons. The monoisotopic (exact) mass is 393 g/mol. The molecule has 2 aromatic carbocycles. The molecule has 0 aliphatic rings. The van der Waals surface area contributed by atoms with E-state index in [1.54, 1.807) is 30.3 Å². The molecule has 0 aliphatic carbocycles. The van der Waals surface area contributed by atoms with Gasteiger partial charge in [-0.2, -0.15) is 0 Å². The van der Waals surface area contributed by atoms with Crippen LogP contribution in [0.2, 0.25) is 0 Å². The van der Waals surface area contributed by atoms with Crippen LogP contribution in [0.25, 0.3) is 0 Å². The molecule has 0 saturated carbocycles. The molecule has 6 heteroatoms. The average molecular weight is 394 g/mol. The van der Waals surface area contributed by atoms with Gasteiger partial charge in [-0.1, -0.05) is 30.3 Å². The van der Waals surface area contributed by atoms with Gasteiger partial charge in [0.25, 0.3) is 11.8 Å². The Morgan fingerprint density at radius 1 is 0.893 bits per heavy atom. The Balaban J connectivity index is 1.59.